The highest BCUT2D eigenvalue weighted by molar-refractivity contribution is 6.31. The normalized spacial score (nSPS) is 15.4. The van der Waals surface area contributed by atoms with Gasteiger partial charge in [-0.3, -0.25) is 9.89 Å². The maximum Gasteiger partial charge on any atom is 0.273 e. The molecule has 0 bridgehead atoms. The number of hydrogen-bond acceptors (Lipinski definition) is 6. The Balaban J connectivity index is 1.92. The number of methoxy groups -OCH3 is 2. The third-order valence-corrected chi connectivity index (χ3v) is 5.86. The number of benzene rings is 2. The van der Waals surface area contributed by atoms with Crippen LogP contribution < -0.4 is 4.74 Å². The molecule has 0 unspecified atom stereocenters. The number of aromatic nitrogens is 2. The Morgan fingerprint density at radius 1 is 1.19 bits per heavy atom. The van der Waals surface area contributed by atoms with Crippen molar-refractivity contribution in [2.24, 2.45) is 0 Å². The van der Waals surface area contributed by atoms with Gasteiger partial charge in [0.25, 0.3) is 5.91 Å². The molecule has 31 heavy (non-hydrogen) atoms. The van der Waals surface area contributed by atoms with E-state index in [2.05, 4.69) is 10.2 Å². The molecule has 9 heteroatoms. The number of aryl methyl sites for hydroxylation is 1. The van der Waals surface area contributed by atoms with Crippen molar-refractivity contribution in [2.75, 3.05) is 27.4 Å². The van der Waals surface area contributed by atoms with Crippen molar-refractivity contribution in [3.63, 3.8) is 0 Å². The smallest absolute Gasteiger partial charge is 0.273 e. The summed E-state index contributed by atoms with van der Waals surface area (Å²) in [5.41, 5.74) is 3.25. The van der Waals surface area contributed by atoms with Crippen molar-refractivity contribution in [1.82, 2.24) is 15.1 Å². The number of carbonyl (C=O) groups is 1. The van der Waals surface area contributed by atoms with E-state index in [-0.39, 0.29) is 23.2 Å². The van der Waals surface area contributed by atoms with Crippen molar-refractivity contribution >= 4 is 17.5 Å². The quantitative estimate of drug-likeness (QED) is 0.536. The Kier molecular flexibility index (Phi) is 5.51. The van der Waals surface area contributed by atoms with Crippen LogP contribution in [0.4, 0.5) is 0 Å². The standard InChI is InChI=1S/C22H22ClN3O5/c1-11-8-16(28)13(10-14(11)23)19-18-20(25-24-19)22(29)26(6-7-30-2)21(18)12-4-5-15(27)17(9-12)31-3/h4-5,8-10,21,27-28H,6-7H2,1-3H3,(H,24,25)/t21-/m1/s1. The van der Waals surface area contributed by atoms with Crippen molar-refractivity contribution < 1.29 is 24.5 Å². The topological polar surface area (TPSA) is 108 Å². The minimum atomic E-state index is -0.527. The van der Waals surface area contributed by atoms with Gasteiger partial charge in [0.2, 0.25) is 0 Å². The number of nitrogens with zero attached hydrogens (tertiary/aromatic N) is 2. The van der Waals surface area contributed by atoms with Gasteiger partial charge in [0, 0.05) is 29.8 Å². The second-order valence-electron chi connectivity index (χ2n) is 7.30. The van der Waals surface area contributed by atoms with Crippen LogP contribution in [0, 0.1) is 6.92 Å². The van der Waals surface area contributed by atoms with Crippen LogP contribution in [0.2, 0.25) is 5.02 Å². The molecule has 4 rings (SSSR count). The second kappa shape index (κ2) is 8.13. The van der Waals surface area contributed by atoms with Crippen LogP contribution in [-0.2, 0) is 4.74 Å². The van der Waals surface area contributed by atoms with Gasteiger partial charge < -0.3 is 24.6 Å². The molecule has 1 aliphatic heterocycles. The van der Waals surface area contributed by atoms with Crippen molar-refractivity contribution in [3.05, 3.63) is 57.7 Å². The van der Waals surface area contributed by atoms with E-state index in [1.54, 1.807) is 43.2 Å². The number of fused-ring (bicyclic) bond motifs is 1. The van der Waals surface area contributed by atoms with Gasteiger partial charge >= 0.3 is 0 Å². The van der Waals surface area contributed by atoms with Crippen LogP contribution in [0.25, 0.3) is 11.3 Å². The highest BCUT2D eigenvalue weighted by atomic mass is 35.5. The van der Waals surface area contributed by atoms with Crippen LogP contribution in [0.1, 0.15) is 33.2 Å². The molecule has 0 radical (unpaired) electrons. The average Bonchev–Trinajstić information content (AvgIpc) is 3.28. The van der Waals surface area contributed by atoms with Crippen LogP contribution >= 0.6 is 11.6 Å². The third-order valence-electron chi connectivity index (χ3n) is 5.45. The first-order valence-corrected chi connectivity index (χ1v) is 9.99. The summed E-state index contributed by atoms with van der Waals surface area (Å²) >= 11 is 6.30. The first-order chi connectivity index (χ1) is 14.9. The van der Waals surface area contributed by atoms with Gasteiger partial charge in [-0.1, -0.05) is 17.7 Å². The highest BCUT2D eigenvalue weighted by Crippen LogP contribution is 2.46. The van der Waals surface area contributed by atoms with Crippen molar-refractivity contribution in [2.45, 2.75) is 13.0 Å². The number of H-pyrrole nitrogens is 1. The van der Waals surface area contributed by atoms with Crippen LogP contribution in [0.5, 0.6) is 17.2 Å². The highest BCUT2D eigenvalue weighted by Gasteiger charge is 2.42. The summed E-state index contributed by atoms with van der Waals surface area (Å²) in [5.74, 6) is 0.0625. The fourth-order valence-electron chi connectivity index (χ4n) is 3.89. The number of aromatic amines is 1. The number of rotatable bonds is 6. The Hall–Kier alpha value is -3.23. The zero-order valence-electron chi connectivity index (χ0n) is 17.3. The molecule has 3 N–H and O–H groups in total. The molecular formula is C22H22ClN3O5. The predicted molar refractivity (Wildman–Crippen MR) is 115 cm³/mol. The van der Waals surface area contributed by atoms with Crippen LogP contribution in [-0.4, -0.2) is 58.6 Å². The first-order valence-electron chi connectivity index (χ1n) is 9.61. The van der Waals surface area contributed by atoms with Gasteiger partial charge in [-0.25, -0.2) is 0 Å². The summed E-state index contributed by atoms with van der Waals surface area (Å²) in [7, 11) is 3.03. The number of amides is 1. The van der Waals surface area contributed by atoms with Crippen molar-refractivity contribution in [1.29, 1.82) is 0 Å². The van der Waals surface area contributed by atoms with E-state index >= 15 is 0 Å². The van der Waals surface area contributed by atoms with Crippen LogP contribution in [0.3, 0.4) is 0 Å². The van der Waals surface area contributed by atoms with Gasteiger partial charge in [0.05, 0.1) is 19.8 Å². The Morgan fingerprint density at radius 2 is 1.97 bits per heavy atom. The Morgan fingerprint density at radius 3 is 2.68 bits per heavy atom. The van der Waals surface area contributed by atoms with E-state index in [1.165, 1.54) is 13.2 Å². The Labute approximate surface area is 184 Å². The summed E-state index contributed by atoms with van der Waals surface area (Å²) in [6.07, 6.45) is 0. The average molecular weight is 444 g/mol. The molecule has 162 valence electrons. The molecule has 1 aliphatic rings. The molecule has 2 aromatic carbocycles. The first kappa shape index (κ1) is 21.0. The minimum absolute atomic E-state index is 0.00498. The predicted octanol–water partition coefficient (Wildman–Crippen LogP) is 3.65. The lowest BCUT2D eigenvalue weighted by Crippen LogP contribution is -2.32. The summed E-state index contributed by atoms with van der Waals surface area (Å²) in [4.78, 5) is 14.8. The molecule has 0 saturated heterocycles. The van der Waals surface area contributed by atoms with E-state index in [0.29, 0.717) is 40.7 Å². The number of phenols is 2. The summed E-state index contributed by atoms with van der Waals surface area (Å²) in [6, 6.07) is 7.60. The number of carbonyl (C=O) groups excluding carboxylic acids is 1. The van der Waals surface area contributed by atoms with Gasteiger partial charge in [0.15, 0.2) is 11.5 Å². The molecule has 0 aliphatic carbocycles. The summed E-state index contributed by atoms with van der Waals surface area (Å²) < 4.78 is 10.5. The molecule has 8 nitrogen and oxygen atoms in total. The molecule has 0 fully saturated rings. The molecule has 2 heterocycles. The molecule has 3 aromatic rings. The summed E-state index contributed by atoms with van der Waals surface area (Å²) in [5, 5.41) is 28.3. The molecule has 0 spiro atoms. The SMILES string of the molecule is COCCN1C(=O)c2[nH]nc(-c3cc(Cl)c(C)cc3O)c2[C@H]1c1ccc(O)c(OC)c1. The second-order valence-corrected chi connectivity index (χ2v) is 7.71. The molecule has 0 saturated carbocycles. The van der Waals surface area contributed by atoms with E-state index in [4.69, 9.17) is 21.1 Å². The zero-order chi connectivity index (χ0) is 22.3. The number of phenolic OH excluding ortho intramolecular Hbond substituents is 2. The summed E-state index contributed by atoms with van der Waals surface area (Å²) in [6.45, 7) is 2.47. The van der Waals surface area contributed by atoms with E-state index < -0.39 is 6.04 Å². The molecular weight excluding hydrogens is 422 g/mol. The lowest BCUT2D eigenvalue weighted by molar-refractivity contribution is 0.0677. The van der Waals surface area contributed by atoms with Gasteiger partial charge in [-0.05, 0) is 42.3 Å². The number of aromatic hydroxyl groups is 2. The van der Waals surface area contributed by atoms with Gasteiger partial charge in [-0.2, -0.15) is 5.10 Å². The Bertz CT molecular complexity index is 1160. The minimum Gasteiger partial charge on any atom is -0.507 e. The van der Waals surface area contributed by atoms with Crippen LogP contribution in [0.15, 0.2) is 30.3 Å². The number of halogens is 1. The molecule has 1 atom stereocenters. The maximum absolute atomic E-state index is 13.2. The number of nitrogens with one attached hydrogen (secondary N) is 1. The third kappa shape index (κ3) is 3.47. The lowest BCUT2D eigenvalue weighted by atomic mass is 9.95. The fourth-order valence-corrected chi connectivity index (χ4v) is 4.05. The largest absolute Gasteiger partial charge is 0.507 e. The van der Waals surface area contributed by atoms with Crippen molar-refractivity contribution in [3.8, 4) is 28.5 Å². The number of hydrogen-bond donors (Lipinski definition) is 3. The van der Waals surface area contributed by atoms with E-state index in [1.807, 2.05) is 0 Å². The van der Waals surface area contributed by atoms with Gasteiger partial charge in [0.1, 0.15) is 17.1 Å². The zero-order valence-corrected chi connectivity index (χ0v) is 18.0. The lowest BCUT2D eigenvalue weighted by Gasteiger charge is -2.26. The number of ether oxygens (including phenoxy) is 2. The molecule has 1 aromatic heterocycles. The van der Waals surface area contributed by atoms with Gasteiger partial charge in [-0.15, -0.1) is 0 Å². The van der Waals surface area contributed by atoms with E-state index in [9.17, 15) is 15.0 Å². The maximum atomic E-state index is 13.2. The fraction of sp³-hybridized carbons (Fsp3) is 0.273. The molecule has 1 amide bonds. The van der Waals surface area contributed by atoms with E-state index in [0.717, 1.165) is 11.1 Å². The monoisotopic (exact) mass is 443 g/mol.